The van der Waals surface area contributed by atoms with E-state index in [2.05, 4.69) is 233 Å². The fraction of sp³-hybridized carbons (Fsp3) is 0. The second-order valence-corrected chi connectivity index (χ2v) is 40.3. The summed E-state index contributed by atoms with van der Waals surface area (Å²) in [5.41, 5.74) is 14.9. The second-order valence-electron chi connectivity index (χ2n) is 32.1. The van der Waals surface area contributed by atoms with E-state index in [0.717, 1.165) is 190 Å². The average Bonchev–Trinajstić information content (AvgIpc) is 1.67. The van der Waals surface area contributed by atoms with Crippen LogP contribution < -0.4 is 47.7 Å². The Balaban J connectivity index is 0.000000107. The van der Waals surface area contributed by atoms with Crippen LogP contribution in [0.5, 0.6) is 0 Å². The van der Waals surface area contributed by atoms with Gasteiger partial charge in [0.05, 0.1) is 55.2 Å². The number of hydrogen-bond donors (Lipinski definition) is 0. The molecular weight excluding hydrogens is 1610 g/mol. The number of benzene rings is 16. The number of imidazole rings is 3. The van der Waals surface area contributed by atoms with E-state index in [4.69, 9.17) is 15.0 Å². The molecule has 0 N–H and O–H groups in total. The largest absolute Gasteiger partial charge is 0.309 e. The summed E-state index contributed by atoms with van der Waals surface area (Å²) in [6.07, 6.45) is 12.2. The van der Waals surface area contributed by atoms with E-state index in [1.165, 1.54) is 16.2 Å². The Morgan fingerprint density at radius 2 is 0.606 bits per heavy atom. The van der Waals surface area contributed by atoms with E-state index in [-0.39, 0.29) is 0 Å². The van der Waals surface area contributed by atoms with E-state index >= 15 is 13.7 Å². The van der Waals surface area contributed by atoms with Gasteiger partial charge >= 0.3 is 0 Å². The van der Waals surface area contributed by atoms with Crippen molar-refractivity contribution in [1.82, 2.24) is 48.1 Å². The van der Waals surface area contributed by atoms with Gasteiger partial charge in [-0.05, 0) is 153 Å². The molecular formula is C111H71N10O3P3. The highest BCUT2D eigenvalue weighted by atomic mass is 31.2. The first-order valence-electron chi connectivity index (χ1n) is 42.2. The van der Waals surface area contributed by atoms with Crippen LogP contribution in [0.25, 0.3) is 169 Å². The summed E-state index contributed by atoms with van der Waals surface area (Å²) in [6.45, 7) is 0. The van der Waals surface area contributed by atoms with Crippen molar-refractivity contribution >= 4 is 227 Å². The van der Waals surface area contributed by atoms with E-state index in [1.807, 2.05) is 188 Å². The Hall–Kier alpha value is -15.7. The van der Waals surface area contributed by atoms with Crippen LogP contribution in [0.2, 0.25) is 0 Å². The summed E-state index contributed by atoms with van der Waals surface area (Å²) in [5.74, 6) is 0. The molecule has 0 aliphatic heterocycles. The van der Waals surface area contributed by atoms with E-state index in [0.29, 0.717) is 10.6 Å². The summed E-state index contributed by atoms with van der Waals surface area (Å²) in [5, 5.41) is 24.1. The standard InChI is InChI=1S/C40H26N3OP.C38H24N3OP.C33H21N4OP/c44-45(30-9-2-1-3-10-30,31-17-14-27(15-18-31)28-22-24-41-25-23-28)32-19-21-34-35-20-16-29-8-4-5-11-33(29)39(35)43-38-13-7-6-12-37(38)42-40(43)36(34)26-32;42-43(27-11-2-1-3-12-27,28-18-21-34-26(23-28)10-8-22-39-34)29-17-20-32-33(24-29)31-19-16-25-9-4-5-13-30(25)37(31)41-36-15-7-6-14-35(36)40-38(32)41;38-39(23-9-6-18-34-20-23,24-10-7-19-35-21-24)30-15-5-12-27-31(30)26-17-16-22-8-1-2-11-25(22)32(26)37-29-14-4-3-13-28(29)36-33(27)37/h1-26H;1-24H;1-21H. The molecule has 0 aliphatic carbocycles. The van der Waals surface area contributed by atoms with Crippen molar-refractivity contribution in [2.24, 2.45) is 0 Å². The lowest BCUT2D eigenvalue weighted by Gasteiger charge is -2.22. The lowest BCUT2D eigenvalue weighted by atomic mass is 10.0. The maximum absolute atomic E-state index is 15.6. The van der Waals surface area contributed by atoms with Gasteiger partial charge in [0.25, 0.3) is 0 Å². The fourth-order valence-electron chi connectivity index (χ4n) is 19.3. The molecule has 0 radical (unpaired) electrons. The van der Waals surface area contributed by atoms with Crippen LogP contribution in [0, 0.1) is 0 Å². The number of nitrogens with zero attached hydrogens (tertiary/aromatic N) is 10. The van der Waals surface area contributed by atoms with Gasteiger partial charge in [0.15, 0.2) is 21.4 Å². The molecule has 16 heteroatoms. The monoisotopic (exact) mass is 1680 g/mol. The van der Waals surface area contributed by atoms with Crippen molar-refractivity contribution in [2.75, 3.05) is 0 Å². The molecule has 0 fully saturated rings. The minimum absolute atomic E-state index is 0.674. The fourth-order valence-corrected chi connectivity index (χ4v) is 27.4. The van der Waals surface area contributed by atoms with E-state index in [9.17, 15) is 0 Å². The Bertz CT molecular complexity index is 9110. The number of pyridine rings is 7. The highest BCUT2D eigenvalue weighted by Crippen LogP contribution is 2.50. The van der Waals surface area contributed by atoms with Gasteiger partial charge in [0.1, 0.15) is 16.9 Å². The molecule has 10 heterocycles. The third-order valence-electron chi connectivity index (χ3n) is 25.2. The van der Waals surface area contributed by atoms with Crippen molar-refractivity contribution in [3.8, 4) is 11.1 Å². The van der Waals surface area contributed by atoms with Crippen LogP contribution in [0.15, 0.2) is 432 Å². The van der Waals surface area contributed by atoms with Gasteiger partial charge in [-0.1, -0.05) is 273 Å². The predicted octanol–water partition coefficient (Wildman–Crippen LogP) is 23.2. The minimum Gasteiger partial charge on any atom is -0.309 e. The Kier molecular flexibility index (Phi) is 17.8. The van der Waals surface area contributed by atoms with Crippen molar-refractivity contribution in [3.05, 3.63) is 432 Å². The predicted molar refractivity (Wildman–Crippen MR) is 528 cm³/mol. The van der Waals surface area contributed by atoms with E-state index in [1.54, 1.807) is 43.4 Å². The van der Waals surface area contributed by atoms with Gasteiger partial charge in [-0.25, -0.2) is 15.0 Å². The number of hydrogen-bond acceptors (Lipinski definition) is 10. The molecule has 16 aromatic carbocycles. The molecule has 26 rings (SSSR count). The van der Waals surface area contributed by atoms with Crippen molar-refractivity contribution in [3.63, 3.8) is 0 Å². The first-order valence-corrected chi connectivity index (χ1v) is 47.3. The summed E-state index contributed by atoms with van der Waals surface area (Å²) in [6, 6.07) is 131. The smallest absolute Gasteiger partial charge is 0.174 e. The molecule has 0 saturated heterocycles. The van der Waals surface area contributed by atoms with Gasteiger partial charge in [-0.15, -0.1) is 0 Å². The number of aromatic nitrogens is 10. The van der Waals surface area contributed by atoms with Gasteiger partial charge in [0.2, 0.25) is 0 Å². The van der Waals surface area contributed by atoms with Crippen LogP contribution >= 0.6 is 21.4 Å². The van der Waals surface area contributed by atoms with Gasteiger partial charge < -0.3 is 13.7 Å². The van der Waals surface area contributed by atoms with Crippen molar-refractivity contribution < 1.29 is 13.7 Å². The molecule has 10 aromatic heterocycles. The van der Waals surface area contributed by atoms with Crippen LogP contribution in [-0.2, 0) is 13.7 Å². The van der Waals surface area contributed by atoms with Crippen LogP contribution in [0.1, 0.15) is 0 Å². The molecule has 0 aliphatic rings. The van der Waals surface area contributed by atoms with Gasteiger partial charge in [-0.2, -0.15) is 0 Å². The molecule has 26 aromatic rings. The molecule has 0 amide bonds. The van der Waals surface area contributed by atoms with Gasteiger partial charge in [-0.3, -0.25) is 33.1 Å². The first-order chi connectivity index (χ1) is 62.6. The highest BCUT2D eigenvalue weighted by molar-refractivity contribution is 7.86. The normalized spacial score (nSPS) is 12.9. The first kappa shape index (κ1) is 75.0. The zero-order valence-corrected chi connectivity index (χ0v) is 70.7. The van der Waals surface area contributed by atoms with Crippen LogP contribution in [0.4, 0.5) is 0 Å². The summed E-state index contributed by atoms with van der Waals surface area (Å²) < 4.78 is 53.6. The van der Waals surface area contributed by atoms with E-state index < -0.39 is 21.4 Å². The highest BCUT2D eigenvalue weighted by Gasteiger charge is 2.36. The molecule has 13 nitrogen and oxygen atoms in total. The zero-order valence-electron chi connectivity index (χ0n) is 68.0. The third-order valence-corrected chi connectivity index (χ3v) is 34.3. The Labute approximate surface area is 727 Å². The molecule has 127 heavy (non-hydrogen) atoms. The third kappa shape index (κ3) is 11.9. The summed E-state index contributed by atoms with van der Waals surface area (Å²) >= 11 is 0. The molecule has 0 saturated carbocycles. The molecule has 0 bridgehead atoms. The lowest BCUT2D eigenvalue weighted by Crippen LogP contribution is -2.26. The Morgan fingerprint density at radius 1 is 0.213 bits per heavy atom. The number of rotatable bonds is 10. The second kappa shape index (κ2) is 30.1. The molecule has 2 atom stereocenters. The topological polar surface area (TPSA) is 155 Å². The maximum Gasteiger partial charge on any atom is 0.174 e. The Morgan fingerprint density at radius 3 is 1.16 bits per heavy atom. The van der Waals surface area contributed by atoms with Gasteiger partial charge in [0, 0.05) is 150 Å². The number of para-hydroxylation sites is 6. The van der Waals surface area contributed by atoms with Crippen LogP contribution in [-0.4, -0.2) is 48.1 Å². The zero-order chi connectivity index (χ0) is 84.5. The van der Waals surface area contributed by atoms with Crippen molar-refractivity contribution in [1.29, 1.82) is 0 Å². The number of fused-ring (bicyclic) bond motifs is 31. The summed E-state index contributed by atoms with van der Waals surface area (Å²) in [7, 11) is -9.87. The molecule has 2 unspecified atom stereocenters. The van der Waals surface area contributed by atoms with Crippen molar-refractivity contribution in [2.45, 2.75) is 0 Å². The molecule has 0 spiro atoms. The lowest BCUT2D eigenvalue weighted by molar-refractivity contribution is 0.591. The summed E-state index contributed by atoms with van der Waals surface area (Å²) in [4.78, 5) is 32.8. The minimum atomic E-state index is -3.36. The average molecular weight is 1690 g/mol. The quantitative estimate of drug-likeness (QED) is 0.0954. The van der Waals surface area contributed by atoms with Crippen LogP contribution in [0.3, 0.4) is 0 Å². The molecule has 598 valence electrons. The maximum atomic E-state index is 15.6. The SMILES string of the molecule is O=P(c1ccccc1)(c1ccc(-c2ccncc2)cc1)c1ccc2c(c1)c1nc3ccccc3n1c1c3ccccc3ccc21.O=P(c1ccccc1)(c1ccc2ncccc2c1)c1ccc2c(c1)c1ccc3ccccc3c1n1c3ccccc3nc21.O=P(c1cccnc1)(c1cccnc1)c1cccc2c1c1ccc3ccccc3c1n1c3ccccc3nc21.